The second-order valence-corrected chi connectivity index (χ2v) is 4.51. The van der Waals surface area contributed by atoms with Crippen LogP contribution in [0.25, 0.3) is 11.1 Å². The molecular formula is C13H11Cl2N. The van der Waals surface area contributed by atoms with Gasteiger partial charge in [-0.1, -0.05) is 41.4 Å². The van der Waals surface area contributed by atoms with Gasteiger partial charge >= 0.3 is 0 Å². The van der Waals surface area contributed by atoms with Crippen LogP contribution < -0.4 is 5.73 Å². The summed E-state index contributed by atoms with van der Waals surface area (Å²) in [4.78, 5) is 0. The summed E-state index contributed by atoms with van der Waals surface area (Å²) in [7, 11) is 0. The molecule has 0 fully saturated rings. The van der Waals surface area contributed by atoms with Gasteiger partial charge in [0.1, 0.15) is 0 Å². The van der Waals surface area contributed by atoms with Crippen LogP contribution in [0.3, 0.4) is 0 Å². The smallest absolute Gasteiger partial charge is 0.0598 e. The van der Waals surface area contributed by atoms with Crippen LogP contribution >= 0.6 is 23.2 Å². The molecule has 2 rings (SSSR count). The molecule has 1 nitrogen and oxygen atoms in total. The van der Waals surface area contributed by atoms with Crippen LogP contribution in [0.5, 0.6) is 0 Å². The lowest BCUT2D eigenvalue weighted by Crippen LogP contribution is -1.89. The Bertz CT molecular complexity index is 486. The molecule has 0 aliphatic heterocycles. The topological polar surface area (TPSA) is 26.0 Å². The zero-order valence-corrected chi connectivity index (χ0v) is 10.3. The van der Waals surface area contributed by atoms with E-state index >= 15 is 0 Å². The van der Waals surface area contributed by atoms with Crippen LogP contribution in [0, 0.1) is 6.92 Å². The van der Waals surface area contributed by atoms with E-state index in [0.29, 0.717) is 10.0 Å². The summed E-state index contributed by atoms with van der Waals surface area (Å²) >= 11 is 11.8. The predicted molar refractivity (Wildman–Crippen MR) is 71.0 cm³/mol. The lowest BCUT2D eigenvalue weighted by Gasteiger charge is -2.06. The predicted octanol–water partition coefficient (Wildman–Crippen LogP) is 4.55. The van der Waals surface area contributed by atoms with Gasteiger partial charge in [0.25, 0.3) is 0 Å². The molecule has 0 aromatic heterocycles. The first-order valence-corrected chi connectivity index (χ1v) is 5.65. The molecule has 82 valence electrons. The molecule has 0 saturated heterocycles. The van der Waals surface area contributed by atoms with Gasteiger partial charge in [0.15, 0.2) is 0 Å². The standard InChI is InChI=1S/C13H11Cl2N/c1-8-2-3-10(7-13(8)16)9-4-5-11(14)12(15)6-9/h2-7H,16H2,1H3. The molecule has 0 atom stereocenters. The Balaban J connectivity index is 2.50. The average molecular weight is 252 g/mol. The van der Waals surface area contributed by atoms with Crippen LogP contribution in [-0.4, -0.2) is 0 Å². The first kappa shape index (κ1) is 11.3. The number of hydrogen-bond acceptors (Lipinski definition) is 1. The summed E-state index contributed by atoms with van der Waals surface area (Å²) in [6, 6.07) is 11.5. The zero-order valence-electron chi connectivity index (χ0n) is 8.80. The first-order chi connectivity index (χ1) is 7.58. The van der Waals surface area contributed by atoms with Crippen molar-refractivity contribution in [3.63, 3.8) is 0 Å². The number of nitrogen functional groups attached to an aromatic ring is 1. The molecule has 0 aliphatic carbocycles. The first-order valence-electron chi connectivity index (χ1n) is 4.89. The van der Waals surface area contributed by atoms with E-state index in [2.05, 4.69) is 0 Å². The van der Waals surface area contributed by atoms with Crippen LogP contribution in [0.4, 0.5) is 5.69 Å². The van der Waals surface area contributed by atoms with Gasteiger partial charge in [0.05, 0.1) is 10.0 Å². The van der Waals surface area contributed by atoms with E-state index in [1.807, 2.05) is 37.3 Å². The Kier molecular flexibility index (Phi) is 3.08. The maximum Gasteiger partial charge on any atom is 0.0598 e. The van der Waals surface area contributed by atoms with Gasteiger partial charge in [0.2, 0.25) is 0 Å². The summed E-state index contributed by atoms with van der Waals surface area (Å²) < 4.78 is 0. The molecule has 0 bridgehead atoms. The highest BCUT2D eigenvalue weighted by Gasteiger charge is 2.03. The van der Waals surface area contributed by atoms with Gasteiger partial charge in [-0.2, -0.15) is 0 Å². The summed E-state index contributed by atoms with van der Waals surface area (Å²) in [5, 5.41) is 1.11. The second kappa shape index (κ2) is 4.36. The molecule has 0 radical (unpaired) electrons. The number of hydrogen-bond donors (Lipinski definition) is 1. The highest BCUT2D eigenvalue weighted by atomic mass is 35.5. The number of anilines is 1. The Morgan fingerprint density at radius 3 is 2.12 bits per heavy atom. The molecule has 0 unspecified atom stereocenters. The van der Waals surface area contributed by atoms with Crippen LogP contribution in [0.2, 0.25) is 10.0 Å². The molecule has 2 aromatic rings. The Hall–Kier alpha value is -1.18. The number of halogens is 2. The van der Waals surface area contributed by atoms with Crippen molar-refractivity contribution < 1.29 is 0 Å². The van der Waals surface area contributed by atoms with Crippen molar-refractivity contribution >= 4 is 28.9 Å². The van der Waals surface area contributed by atoms with E-state index in [9.17, 15) is 0 Å². The molecular weight excluding hydrogens is 241 g/mol. The van der Waals surface area contributed by atoms with Gasteiger partial charge in [-0.15, -0.1) is 0 Å². The summed E-state index contributed by atoms with van der Waals surface area (Å²) in [6.07, 6.45) is 0. The molecule has 2 aromatic carbocycles. The molecule has 2 N–H and O–H groups in total. The maximum atomic E-state index is 5.97. The van der Waals surface area contributed by atoms with E-state index in [4.69, 9.17) is 28.9 Å². The molecule has 0 spiro atoms. The fourth-order valence-corrected chi connectivity index (χ4v) is 1.79. The van der Waals surface area contributed by atoms with Gasteiger partial charge in [-0.3, -0.25) is 0 Å². The van der Waals surface area contributed by atoms with Gasteiger partial charge in [0, 0.05) is 5.69 Å². The van der Waals surface area contributed by atoms with E-state index in [0.717, 1.165) is 22.4 Å². The quantitative estimate of drug-likeness (QED) is 0.740. The van der Waals surface area contributed by atoms with E-state index in [1.54, 1.807) is 6.07 Å². The molecule has 16 heavy (non-hydrogen) atoms. The number of benzene rings is 2. The fourth-order valence-electron chi connectivity index (χ4n) is 1.50. The Morgan fingerprint density at radius 1 is 0.875 bits per heavy atom. The normalized spacial score (nSPS) is 10.4. The third-order valence-corrected chi connectivity index (χ3v) is 3.27. The number of rotatable bonds is 1. The minimum absolute atomic E-state index is 0.554. The minimum Gasteiger partial charge on any atom is -0.398 e. The molecule has 0 heterocycles. The lowest BCUT2D eigenvalue weighted by molar-refractivity contribution is 1.47. The molecule has 0 aliphatic rings. The van der Waals surface area contributed by atoms with Crippen LogP contribution in [0.1, 0.15) is 5.56 Å². The summed E-state index contributed by atoms with van der Waals surface area (Å²) in [6.45, 7) is 1.98. The van der Waals surface area contributed by atoms with Gasteiger partial charge < -0.3 is 5.73 Å². The number of aryl methyl sites for hydroxylation is 1. The summed E-state index contributed by atoms with van der Waals surface area (Å²) in [5.74, 6) is 0. The minimum atomic E-state index is 0.554. The van der Waals surface area contributed by atoms with E-state index in [1.165, 1.54) is 0 Å². The van der Waals surface area contributed by atoms with Crippen molar-refractivity contribution in [1.29, 1.82) is 0 Å². The highest BCUT2D eigenvalue weighted by Crippen LogP contribution is 2.29. The fraction of sp³-hybridized carbons (Fsp3) is 0.0769. The number of nitrogens with two attached hydrogens (primary N) is 1. The van der Waals surface area contributed by atoms with Crippen LogP contribution in [0.15, 0.2) is 36.4 Å². The van der Waals surface area contributed by atoms with Crippen molar-refractivity contribution in [3.8, 4) is 11.1 Å². The zero-order chi connectivity index (χ0) is 11.7. The lowest BCUT2D eigenvalue weighted by atomic mass is 10.0. The van der Waals surface area contributed by atoms with Crippen LogP contribution in [-0.2, 0) is 0 Å². The second-order valence-electron chi connectivity index (χ2n) is 3.70. The average Bonchev–Trinajstić information content (AvgIpc) is 2.26. The molecule has 0 saturated carbocycles. The Morgan fingerprint density at radius 2 is 1.50 bits per heavy atom. The molecule has 3 heteroatoms. The van der Waals surface area contributed by atoms with Crippen molar-refractivity contribution in [2.75, 3.05) is 5.73 Å². The maximum absolute atomic E-state index is 5.97. The van der Waals surface area contributed by atoms with Crippen molar-refractivity contribution in [2.24, 2.45) is 0 Å². The largest absolute Gasteiger partial charge is 0.398 e. The third kappa shape index (κ3) is 2.16. The van der Waals surface area contributed by atoms with Gasteiger partial charge in [-0.05, 0) is 41.8 Å². The van der Waals surface area contributed by atoms with E-state index < -0.39 is 0 Å². The van der Waals surface area contributed by atoms with E-state index in [-0.39, 0.29) is 0 Å². The monoisotopic (exact) mass is 251 g/mol. The van der Waals surface area contributed by atoms with Gasteiger partial charge in [-0.25, -0.2) is 0 Å². The SMILES string of the molecule is Cc1ccc(-c2ccc(Cl)c(Cl)c2)cc1N. The summed E-state index contributed by atoms with van der Waals surface area (Å²) in [5.41, 5.74) is 9.78. The Labute approximate surface area is 105 Å². The highest BCUT2D eigenvalue weighted by molar-refractivity contribution is 6.42. The third-order valence-electron chi connectivity index (χ3n) is 2.53. The van der Waals surface area contributed by atoms with Crippen molar-refractivity contribution in [1.82, 2.24) is 0 Å². The molecule has 0 amide bonds. The van der Waals surface area contributed by atoms with Crippen molar-refractivity contribution in [2.45, 2.75) is 6.92 Å². The van der Waals surface area contributed by atoms with Crippen molar-refractivity contribution in [3.05, 3.63) is 52.0 Å².